The van der Waals surface area contributed by atoms with Crippen LogP contribution in [0.25, 0.3) is 0 Å². The lowest BCUT2D eigenvalue weighted by atomic mass is 10.2. The van der Waals surface area contributed by atoms with Crippen LogP contribution in [0.4, 0.5) is 0 Å². The van der Waals surface area contributed by atoms with E-state index in [9.17, 15) is 4.79 Å². The summed E-state index contributed by atoms with van der Waals surface area (Å²) in [6, 6.07) is 0. The summed E-state index contributed by atoms with van der Waals surface area (Å²) < 4.78 is 5.11. The summed E-state index contributed by atoms with van der Waals surface area (Å²) >= 11 is 0. The maximum Gasteiger partial charge on any atom is 0.339 e. The van der Waals surface area contributed by atoms with E-state index in [0.29, 0.717) is 24.4 Å². The van der Waals surface area contributed by atoms with E-state index in [0.717, 1.165) is 0 Å². The summed E-state index contributed by atoms with van der Waals surface area (Å²) in [5.74, 6) is -0.362. The number of aromatic carboxylic acids is 1. The van der Waals surface area contributed by atoms with Gasteiger partial charge in [0.25, 0.3) is 0 Å². The minimum atomic E-state index is -0.983. The molecular formula is C11H16N2O3. The van der Waals surface area contributed by atoms with Crippen molar-refractivity contribution in [3.63, 3.8) is 0 Å². The molecule has 1 aromatic rings. The SMILES string of the molecule is CCc1nc(CC(C)OC)ncc1C(=O)O. The number of rotatable bonds is 5. The molecule has 0 radical (unpaired) electrons. The number of aromatic nitrogens is 2. The Kier molecular flexibility index (Phi) is 4.37. The molecule has 5 nitrogen and oxygen atoms in total. The van der Waals surface area contributed by atoms with Gasteiger partial charge < -0.3 is 9.84 Å². The van der Waals surface area contributed by atoms with Crippen molar-refractivity contribution in [3.8, 4) is 0 Å². The van der Waals surface area contributed by atoms with E-state index in [1.807, 2.05) is 13.8 Å². The van der Waals surface area contributed by atoms with Crippen molar-refractivity contribution in [2.24, 2.45) is 0 Å². The zero-order valence-corrected chi connectivity index (χ0v) is 9.73. The molecule has 0 aliphatic heterocycles. The molecule has 1 heterocycles. The van der Waals surface area contributed by atoms with Crippen LogP contribution in [0.5, 0.6) is 0 Å². The van der Waals surface area contributed by atoms with Crippen molar-refractivity contribution in [1.82, 2.24) is 9.97 Å². The van der Waals surface area contributed by atoms with Gasteiger partial charge in [-0.05, 0) is 13.3 Å². The summed E-state index contributed by atoms with van der Waals surface area (Å²) in [5, 5.41) is 8.91. The topological polar surface area (TPSA) is 72.3 Å². The highest BCUT2D eigenvalue weighted by Crippen LogP contribution is 2.08. The normalized spacial score (nSPS) is 12.4. The quantitative estimate of drug-likeness (QED) is 0.816. The number of ether oxygens (including phenoxy) is 1. The second-order valence-corrected chi connectivity index (χ2v) is 3.56. The Bertz CT molecular complexity index is 379. The van der Waals surface area contributed by atoms with Crippen LogP contribution in [-0.4, -0.2) is 34.3 Å². The molecule has 1 atom stereocenters. The third-order valence-electron chi connectivity index (χ3n) is 2.36. The van der Waals surface area contributed by atoms with Crippen LogP contribution in [0.3, 0.4) is 0 Å². The summed E-state index contributed by atoms with van der Waals surface area (Å²) in [6.45, 7) is 3.79. The van der Waals surface area contributed by atoms with Gasteiger partial charge in [-0.3, -0.25) is 0 Å². The van der Waals surface area contributed by atoms with Gasteiger partial charge >= 0.3 is 5.97 Å². The van der Waals surface area contributed by atoms with Crippen molar-refractivity contribution < 1.29 is 14.6 Å². The molecule has 0 fully saturated rings. The summed E-state index contributed by atoms with van der Waals surface area (Å²) in [4.78, 5) is 19.1. The van der Waals surface area contributed by atoms with Crippen molar-refractivity contribution in [1.29, 1.82) is 0 Å². The lowest BCUT2D eigenvalue weighted by Gasteiger charge is -2.09. The summed E-state index contributed by atoms with van der Waals surface area (Å²) in [7, 11) is 1.62. The predicted octanol–water partition coefficient (Wildman–Crippen LogP) is 1.31. The van der Waals surface area contributed by atoms with Crippen molar-refractivity contribution >= 4 is 5.97 Å². The second kappa shape index (κ2) is 5.55. The highest BCUT2D eigenvalue weighted by molar-refractivity contribution is 5.88. The number of hydrogen-bond acceptors (Lipinski definition) is 4. The van der Waals surface area contributed by atoms with Crippen LogP contribution in [0.15, 0.2) is 6.20 Å². The highest BCUT2D eigenvalue weighted by atomic mass is 16.5. The average molecular weight is 224 g/mol. The molecule has 5 heteroatoms. The molecule has 0 aromatic carbocycles. The van der Waals surface area contributed by atoms with Gasteiger partial charge in [-0.15, -0.1) is 0 Å². The first-order valence-electron chi connectivity index (χ1n) is 5.19. The monoisotopic (exact) mass is 224 g/mol. The molecule has 1 aromatic heterocycles. The molecule has 88 valence electrons. The van der Waals surface area contributed by atoms with Crippen molar-refractivity contribution in [3.05, 3.63) is 23.3 Å². The largest absolute Gasteiger partial charge is 0.478 e. The second-order valence-electron chi connectivity index (χ2n) is 3.56. The number of nitrogens with zero attached hydrogens (tertiary/aromatic N) is 2. The molecule has 0 spiro atoms. The van der Waals surface area contributed by atoms with Gasteiger partial charge in [0.2, 0.25) is 0 Å². The van der Waals surface area contributed by atoms with Gasteiger partial charge in [-0.25, -0.2) is 14.8 Å². The van der Waals surface area contributed by atoms with Gasteiger partial charge in [-0.1, -0.05) is 6.92 Å². The van der Waals surface area contributed by atoms with E-state index in [4.69, 9.17) is 9.84 Å². The van der Waals surface area contributed by atoms with E-state index < -0.39 is 5.97 Å². The number of carboxylic acids is 1. The highest BCUT2D eigenvalue weighted by Gasteiger charge is 2.13. The molecule has 0 saturated carbocycles. The zero-order valence-electron chi connectivity index (χ0n) is 9.73. The van der Waals surface area contributed by atoms with E-state index in [-0.39, 0.29) is 11.7 Å². The average Bonchev–Trinajstić information content (AvgIpc) is 2.28. The number of carbonyl (C=O) groups is 1. The van der Waals surface area contributed by atoms with Gasteiger partial charge in [0.05, 0.1) is 17.4 Å². The lowest BCUT2D eigenvalue weighted by molar-refractivity contribution is 0.0694. The molecule has 0 aliphatic rings. The van der Waals surface area contributed by atoms with Crippen LogP contribution in [-0.2, 0) is 17.6 Å². The zero-order chi connectivity index (χ0) is 12.1. The fraction of sp³-hybridized carbons (Fsp3) is 0.545. The molecular weight excluding hydrogens is 208 g/mol. The van der Waals surface area contributed by atoms with Crippen molar-refractivity contribution in [2.45, 2.75) is 32.8 Å². The van der Waals surface area contributed by atoms with E-state index in [1.165, 1.54) is 6.20 Å². The Morgan fingerprint density at radius 3 is 2.81 bits per heavy atom. The number of carboxylic acid groups (broad SMARTS) is 1. The third kappa shape index (κ3) is 3.00. The van der Waals surface area contributed by atoms with Crippen LogP contribution >= 0.6 is 0 Å². The van der Waals surface area contributed by atoms with Crippen LogP contribution in [0, 0.1) is 0 Å². The fourth-order valence-corrected chi connectivity index (χ4v) is 1.35. The molecule has 0 saturated heterocycles. The molecule has 0 aliphatic carbocycles. The fourth-order valence-electron chi connectivity index (χ4n) is 1.35. The van der Waals surface area contributed by atoms with Gasteiger partial charge in [0.15, 0.2) is 0 Å². The summed E-state index contributed by atoms with van der Waals surface area (Å²) in [6.07, 6.45) is 2.56. The maximum atomic E-state index is 10.9. The van der Waals surface area contributed by atoms with E-state index in [2.05, 4.69) is 9.97 Å². The number of aryl methyl sites for hydroxylation is 1. The van der Waals surface area contributed by atoms with Gasteiger partial charge in [0, 0.05) is 19.7 Å². The first-order valence-corrected chi connectivity index (χ1v) is 5.19. The van der Waals surface area contributed by atoms with Crippen molar-refractivity contribution in [2.75, 3.05) is 7.11 Å². The van der Waals surface area contributed by atoms with E-state index in [1.54, 1.807) is 7.11 Å². The number of methoxy groups -OCH3 is 1. The Morgan fingerprint density at radius 1 is 1.62 bits per heavy atom. The van der Waals surface area contributed by atoms with Crippen LogP contribution in [0.1, 0.15) is 35.7 Å². The van der Waals surface area contributed by atoms with Gasteiger partial charge in [0.1, 0.15) is 5.82 Å². The Morgan fingerprint density at radius 2 is 2.31 bits per heavy atom. The van der Waals surface area contributed by atoms with Gasteiger partial charge in [-0.2, -0.15) is 0 Å². The first-order chi connectivity index (χ1) is 7.58. The smallest absolute Gasteiger partial charge is 0.339 e. The molecule has 0 bridgehead atoms. The maximum absolute atomic E-state index is 10.9. The van der Waals surface area contributed by atoms with E-state index >= 15 is 0 Å². The lowest BCUT2D eigenvalue weighted by Crippen LogP contribution is -2.14. The molecule has 16 heavy (non-hydrogen) atoms. The number of hydrogen-bond donors (Lipinski definition) is 1. The molecule has 1 N–H and O–H groups in total. The minimum Gasteiger partial charge on any atom is -0.478 e. The standard InChI is InChI=1S/C11H16N2O3/c1-4-9-8(11(14)15)6-12-10(13-9)5-7(2)16-3/h6-7H,4-5H2,1-3H3,(H,14,15). The third-order valence-corrected chi connectivity index (χ3v) is 2.36. The van der Waals surface area contributed by atoms with Crippen LogP contribution in [0.2, 0.25) is 0 Å². The summed E-state index contributed by atoms with van der Waals surface area (Å²) in [5.41, 5.74) is 0.747. The Hall–Kier alpha value is -1.49. The first kappa shape index (κ1) is 12.6. The predicted molar refractivity (Wildman–Crippen MR) is 58.5 cm³/mol. The minimum absolute atomic E-state index is 0.0281. The van der Waals surface area contributed by atoms with Crippen LogP contribution < -0.4 is 0 Å². The Labute approximate surface area is 94.5 Å². The molecule has 1 unspecified atom stereocenters. The molecule has 1 rings (SSSR count). The Balaban J connectivity index is 2.95. The molecule has 0 amide bonds.